The lowest BCUT2D eigenvalue weighted by Gasteiger charge is -2.42. The Balaban J connectivity index is 2.08. The van der Waals surface area contributed by atoms with Crippen LogP contribution in [0.4, 0.5) is 0 Å². The third-order valence-electron chi connectivity index (χ3n) is 3.90. The van der Waals surface area contributed by atoms with Crippen molar-refractivity contribution in [2.45, 2.75) is 44.5 Å². The molecule has 0 aromatic carbocycles. The number of nitrogens with one attached hydrogen (secondary N) is 1. The molecule has 0 spiro atoms. The van der Waals surface area contributed by atoms with Gasteiger partial charge in [0.1, 0.15) is 5.60 Å². The molecule has 2 unspecified atom stereocenters. The summed E-state index contributed by atoms with van der Waals surface area (Å²) in [6.07, 6.45) is 1.71. The van der Waals surface area contributed by atoms with E-state index in [2.05, 4.69) is 5.32 Å². The first kappa shape index (κ1) is 13.8. The van der Waals surface area contributed by atoms with Crippen molar-refractivity contribution in [2.24, 2.45) is 0 Å². The molecule has 5 heteroatoms. The Labute approximate surface area is 109 Å². The van der Waals surface area contributed by atoms with Gasteiger partial charge in [-0.1, -0.05) is 0 Å². The van der Waals surface area contributed by atoms with Crippen LogP contribution in [-0.4, -0.2) is 61.9 Å². The van der Waals surface area contributed by atoms with Crippen molar-refractivity contribution >= 4 is 5.91 Å². The van der Waals surface area contributed by atoms with Crippen molar-refractivity contribution in [1.82, 2.24) is 10.2 Å². The number of methoxy groups -OCH3 is 1. The lowest BCUT2D eigenvalue weighted by atomic mass is 9.90. The monoisotopic (exact) mass is 256 g/mol. The molecular weight excluding hydrogens is 232 g/mol. The van der Waals surface area contributed by atoms with Gasteiger partial charge in [-0.15, -0.1) is 0 Å². The van der Waals surface area contributed by atoms with Gasteiger partial charge < -0.3 is 19.7 Å². The van der Waals surface area contributed by atoms with E-state index in [4.69, 9.17) is 9.47 Å². The average Bonchev–Trinajstić information content (AvgIpc) is 2.37. The molecule has 0 aromatic heterocycles. The Morgan fingerprint density at radius 2 is 1.83 bits per heavy atom. The van der Waals surface area contributed by atoms with E-state index in [0.717, 1.165) is 25.9 Å². The van der Waals surface area contributed by atoms with Crippen molar-refractivity contribution < 1.29 is 14.3 Å². The van der Waals surface area contributed by atoms with Crippen LogP contribution in [-0.2, 0) is 14.3 Å². The smallest absolute Gasteiger partial charge is 0.255 e. The van der Waals surface area contributed by atoms with Crippen LogP contribution in [0.15, 0.2) is 0 Å². The summed E-state index contributed by atoms with van der Waals surface area (Å²) in [6.45, 7) is 7.04. The minimum atomic E-state index is -0.623. The summed E-state index contributed by atoms with van der Waals surface area (Å²) in [6, 6.07) is 0. The fraction of sp³-hybridized carbons (Fsp3) is 0.923. The number of amides is 1. The molecule has 18 heavy (non-hydrogen) atoms. The van der Waals surface area contributed by atoms with E-state index in [1.807, 2.05) is 18.7 Å². The molecule has 2 atom stereocenters. The summed E-state index contributed by atoms with van der Waals surface area (Å²) in [5, 5.41) is 3.27. The number of hydrogen-bond donors (Lipinski definition) is 1. The molecule has 1 N–H and O–H groups in total. The highest BCUT2D eigenvalue weighted by molar-refractivity contribution is 5.85. The predicted molar refractivity (Wildman–Crippen MR) is 68.4 cm³/mol. The standard InChI is InChI=1S/C13H24N2O3/c1-10-8-15(9-11(2)18-10)12(16)13(17-3)4-6-14-7-5-13/h10-11,14H,4-9H2,1-3H3. The number of carbonyl (C=O) groups is 1. The highest BCUT2D eigenvalue weighted by Gasteiger charge is 2.43. The van der Waals surface area contributed by atoms with Crippen molar-refractivity contribution in [2.75, 3.05) is 33.3 Å². The average molecular weight is 256 g/mol. The van der Waals surface area contributed by atoms with Crippen molar-refractivity contribution in [1.29, 1.82) is 0 Å². The molecule has 1 amide bonds. The molecule has 2 rings (SSSR count). The third-order valence-corrected chi connectivity index (χ3v) is 3.90. The number of piperidine rings is 1. The topological polar surface area (TPSA) is 50.8 Å². The number of rotatable bonds is 2. The van der Waals surface area contributed by atoms with Crippen LogP contribution in [0.3, 0.4) is 0 Å². The normalized spacial score (nSPS) is 32.3. The van der Waals surface area contributed by atoms with Crippen molar-refractivity contribution in [3.05, 3.63) is 0 Å². The van der Waals surface area contributed by atoms with Crippen LogP contribution in [0.5, 0.6) is 0 Å². The van der Waals surface area contributed by atoms with Crippen LogP contribution in [0.1, 0.15) is 26.7 Å². The molecule has 2 heterocycles. The SMILES string of the molecule is COC1(C(=O)N2CC(C)OC(C)C2)CCNCC1. The van der Waals surface area contributed by atoms with Gasteiger partial charge in [-0.2, -0.15) is 0 Å². The first-order chi connectivity index (χ1) is 8.57. The van der Waals surface area contributed by atoms with Gasteiger partial charge in [0, 0.05) is 20.2 Å². The number of hydrogen-bond acceptors (Lipinski definition) is 4. The Morgan fingerprint density at radius 1 is 1.28 bits per heavy atom. The number of nitrogens with zero attached hydrogens (tertiary/aromatic N) is 1. The number of carbonyl (C=O) groups excluding carboxylic acids is 1. The fourth-order valence-corrected chi connectivity index (χ4v) is 2.97. The number of morpholine rings is 1. The van der Waals surface area contributed by atoms with E-state index >= 15 is 0 Å². The van der Waals surface area contributed by atoms with E-state index in [1.54, 1.807) is 7.11 Å². The Kier molecular flexibility index (Phi) is 4.25. The van der Waals surface area contributed by atoms with Gasteiger partial charge in [-0.05, 0) is 39.8 Å². The van der Waals surface area contributed by atoms with Crippen LogP contribution in [0.2, 0.25) is 0 Å². The lowest BCUT2D eigenvalue weighted by Crippen LogP contribution is -2.59. The zero-order valence-corrected chi connectivity index (χ0v) is 11.6. The molecular formula is C13H24N2O3. The van der Waals surface area contributed by atoms with E-state index < -0.39 is 5.60 Å². The molecule has 2 aliphatic heterocycles. The summed E-state index contributed by atoms with van der Waals surface area (Å²) in [7, 11) is 1.65. The van der Waals surface area contributed by atoms with Gasteiger partial charge in [0.25, 0.3) is 5.91 Å². The Morgan fingerprint density at radius 3 is 2.33 bits per heavy atom. The highest BCUT2D eigenvalue weighted by Crippen LogP contribution is 2.26. The second-order valence-electron chi connectivity index (χ2n) is 5.42. The molecule has 0 aliphatic carbocycles. The van der Waals surface area contributed by atoms with E-state index in [-0.39, 0.29) is 18.1 Å². The van der Waals surface area contributed by atoms with Gasteiger partial charge in [0.15, 0.2) is 0 Å². The quantitative estimate of drug-likeness (QED) is 0.776. The first-order valence-electron chi connectivity index (χ1n) is 6.78. The van der Waals surface area contributed by atoms with Crippen LogP contribution >= 0.6 is 0 Å². The third kappa shape index (κ3) is 2.68. The Bertz CT molecular complexity index is 293. The predicted octanol–water partition coefficient (Wildman–Crippen LogP) is 0.391. The fourth-order valence-electron chi connectivity index (χ4n) is 2.97. The summed E-state index contributed by atoms with van der Waals surface area (Å²) in [4.78, 5) is 14.6. The molecule has 0 bridgehead atoms. The van der Waals surface area contributed by atoms with E-state index in [1.165, 1.54) is 0 Å². The molecule has 2 aliphatic rings. The van der Waals surface area contributed by atoms with Gasteiger partial charge in [0.2, 0.25) is 0 Å². The van der Waals surface area contributed by atoms with Crippen molar-refractivity contribution in [3.8, 4) is 0 Å². The van der Waals surface area contributed by atoms with Gasteiger partial charge in [-0.25, -0.2) is 0 Å². The molecule has 0 aromatic rings. The maximum Gasteiger partial charge on any atom is 0.255 e. The molecule has 0 saturated carbocycles. The summed E-state index contributed by atoms with van der Waals surface area (Å²) in [5.74, 6) is 0.133. The largest absolute Gasteiger partial charge is 0.372 e. The highest BCUT2D eigenvalue weighted by atomic mass is 16.5. The maximum absolute atomic E-state index is 12.7. The minimum Gasteiger partial charge on any atom is -0.372 e. The zero-order valence-electron chi connectivity index (χ0n) is 11.6. The molecule has 104 valence electrons. The van der Waals surface area contributed by atoms with E-state index in [9.17, 15) is 4.79 Å². The molecule has 0 radical (unpaired) electrons. The van der Waals surface area contributed by atoms with Gasteiger partial charge >= 0.3 is 0 Å². The summed E-state index contributed by atoms with van der Waals surface area (Å²) in [5.41, 5.74) is -0.623. The minimum absolute atomic E-state index is 0.105. The summed E-state index contributed by atoms with van der Waals surface area (Å²) >= 11 is 0. The zero-order chi connectivity index (χ0) is 13.2. The second-order valence-corrected chi connectivity index (χ2v) is 5.42. The second kappa shape index (κ2) is 5.55. The molecule has 5 nitrogen and oxygen atoms in total. The molecule has 2 saturated heterocycles. The Hall–Kier alpha value is -0.650. The van der Waals surface area contributed by atoms with Gasteiger partial charge in [-0.3, -0.25) is 4.79 Å². The van der Waals surface area contributed by atoms with Crippen LogP contribution in [0.25, 0.3) is 0 Å². The van der Waals surface area contributed by atoms with Crippen LogP contribution < -0.4 is 5.32 Å². The van der Waals surface area contributed by atoms with E-state index in [0.29, 0.717) is 13.1 Å². The summed E-state index contributed by atoms with van der Waals surface area (Å²) < 4.78 is 11.3. The maximum atomic E-state index is 12.7. The lowest BCUT2D eigenvalue weighted by molar-refractivity contribution is -0.168. The van der Waals surface area contributed by atoms with Crippen molar-refractivity contribution in [3.63, 3.8) is 0 Å². The van der Waals surface area contributed by atoms with Crippen LogP contribution in [0, 0.1) is 0 Å². The number of ether oxygens (including phenoxy) is 2. The first-order valence-corrected chi connectivity index (χ1v) is 6.78. The molecule has 2 fully saturated rings. The van der Waals surface area contributed by atoms with Gasteiger partial charge in [0.05, 0.1) is 12.2 Å².